The molecule has 2 rings (SSSR count). The maximum absolute atomic E-state index is 12.2. The lowest BCUT2D eigenvalue weighted by Gasteiger charge is -2.07. The van der Waals surface area contributed by atoms with Crippen molar-refractivity contribution in [2.45, 2.75) is 6.42 Å². The Labute approximate surface area is 134 Å². The first kappa shape index (κ1) is 14.9. The van der Waals surface area contributed by atoms with E-state index in [0.717, 1.165) is 4.47 Å². The van der Waals surface area contributed by atoms with Crippen molar-refractivity contribution in [1.29, 1.82) is 0 Å². The molecule has 0 radical (unpaired) electrons. The van der Waals surface area contributed by atoms with Crippen LogP contribution in [-0.4, -0.2) is 5.78 Å². The van der Waals surface area contributed by atoms with Gasteiger partial charge in [0.25, 0.3) is 0 Å². The standard InChI is InChI=1S/C14H8BrCl3O/c15-8-4-5-9(13(18)6-8)14(19)7-10-11(16)2-1-3-12(10)17/h1-6H,7H2. The van der Waals surface area contributed by atoms with Crippen LogP contribution in [0.15, 0.2) is 40.9 Å². The smallest absolute Gasteiger partial charge is 0.168 e. The number of hydrogen-bond acceptors (Lipinski definition) is 1. The predicted octanol–water partition coefficient (Wildman–Crippen LogP) is 5.83. The van der Waals surface area contributed by atoms with E-state index >= 15 is 0 Å². The van der Waals surface area contributed by atoms with Gasteiger partial charge in [-0.05, 0) is 35.9 Å². The Kier molecular flexibility index (Phi) is 4.91. The molecule has 98 valence electrons. The molecule has 0 aliphatic rings. The van der Waals surface area contributed by atoms with Crippen molar-refractivity contribution in [2.75, 3.05) is 0 Å². The van der Waals surface area contributed by atoms with Gasteiger partial charge in [-0.3, -0.25) is 4.79 Å². The van der Waals surface area contributed by atoms with E-state index in [2.05, 4.69) is 15.9 Å². The zero-order chi connectivity index (χ0) is 14.0. The largest absolute Gasteiger partial charge is 0.294 e. The number of carbonyl (C=O) groups excluding carboxylic acids is 1. The Bertz CT molecular complexity index is 620. The fourth-order valence-corrected chi connectivity index (χ4v) is 2.98. The van der Waals surface area contributed by atoms with Crippen molar-refractivity contribution < 1.29 is 4.79 Å². The van der Waals surface area contributed by atoms with E-state index in [9.17, 15) is 4.79 Å². The minimum atomic E-state index is -0.118. The van der Waals surface area contributed by atoms with Crippen LogP contribution in [0.1, 0.15) is 15.9 Å². The summed E-state index contributed by atoms with van der Waals surface area (Å²) in [5, 5.41) is 1.37. The molecule has 0 aromatic heterocycles. The quantitative estimate of drug-likeness (QED) is 0.614. The van der Waals surface area contributed by atoms with Crippen molar-refractivity contribution in [2.24, 2.45) is 0 Å². The lowest BCUT2D eigenvalue weighted by Crippen LogP contribution is -2.05. The number of benzene rings is 2. The van der Waals surface area contributed by atoms with E-state index < -0.39 is 0 Å². The predicted molar refractivity (Wildman–Crippen MR) is 83.6 cm³/mol. The second kappa shape index (κ2) is 6.27. The lowest BCUT2D eigenvalue weighted by molar-refractivity contribution is 0.0993. The topological polar surface area (TPSA) is 17.1 Å². The van der Waals surface area contributed by atoms with Gasteiger partial charge in [0.05, 0.1) is 5.02 Å². The van der Waals surface area contributed by atoms with Crippen molar-refractivity contribution in [3.63, 3.8) is 0 Å². The molecule has 0 aliphatic carbocycles. The van der Waals surface area contributed by atoms with Crippen LogP contribution in [0, 0.1) is 0 Å². The van der Waals surface area contributed by atoms with Crippen LogP contribution in [0.2, 0.25) is 15.1 Å². The van der Waals surface area contributed by atoms with Crippen molar-refractivity contribution in [1.82, 2.24) is 0 Å². The summed E-state index contributed by atoms with van der Waals surface area (Å²) in [4.78, 5) is 12.2. The zero-order valence-electron chi connectivity index (χ0n) is 9.59. The van der Waals surface area contributed by atoms with Crippen LogP contribution in [0.3, 0.4) is 0 Å². The summed E-state index contributed by atoms with van der Waals surface area (Å²) in [7, 11) is 0. The summed E-state index contributed by atoms with van der Waals surface area (Å²) in [6, 6.07) is 10.3. The van der Waals surface area contributed by atoms with Gasteiger partial charge in [0.2, 0.25) is 0 Å². The number of rotatable bonds is 3. The Morgan fingerprint density at radius 2 is 1.63 bits per heavy atom. The van der Waals surface area contributed by atoms with Crippen molar-refractivity contribution in [3.05, 3.63) is 67.1 Å². The van der Waals surface area contributed by atoms with Crippen LogP contribution < -0.4 is 0 Å². The molecule has 0 spiro atoms. The van der Waals surface area contributed by atoms with E-state index in [-0.39, 0.29) is 12.2 Å². The maximum atomic E-state index is 12.2. The highest BCUT2D eigenvalue weighted by molar-refractivity contribution is 9.10. The van der Waals surface area contributed by atoms with E-state index in [1.54, 1.807) is 36.4 Å². The molecule has 0 fully saturated rings. The summed E-state index contributed by atoms with van der Waals surface area (Å²) in [5.74, 6) is -0.118. The van der Waals surface area contributed by atoms with Crippen LogP contribution in [0.4, 0.5) is 0 Å². The number of halogens is 4. The van der Waals surface area contributed by atoms with Gasteiger partial charge in [-0.15, -0.1) is 0 Å². The minimum Gasteiger partial charge on any atom is -0.294 e. The molecule has 2 aromatic rings. The van der Waals surface area contributed by atoms with Gasteiger partial charge < -0.3 is 0 Å². The molecular formula is C14H8BrCl3O. The van der Waals surface area contributed by atoms with Crippen LogP contribution >= 0.6 is 50.7 Å². The molecule has 0 amide bonds. The highest BCUT2D eigenvalue weighted by Gasteiger charge is 2.15. The molecule has 19 heavy (non-hydrogen) atoms. The normalized spacial score (nSPS) is 10.5. The summed E-state index contributed by atoms with van der Waals surface area (Å²) < 4.78 is 0.824. The Morgan fingerprint density at radius 3 is 2.21 bits per heavy atom. The van der Waals surface area contributed by atoms with Gasteiger partial charge in [-0.25, -0.2) is 0 Å². The number of carbonyl (C=O) groups is 1. The highest BCUT2D eigenvalue weighted by Crippen LogP contribution is 2.28. The van der Waals surface area contributed by atoms with Crippen molar-refractivity contribution in [3.8, 4) is 0 Å². The Morgan fingerprint density at radius 1 is 1.00 bits per heavy atom. The van der Waals surface area contributed by atoms with Gasteiger partial charge >= 0.3 is 0 Å². The van der Waals surface area contributed by atoms with E-state index in [4.69, 9.17) is 34.8 Å². The lowest BCUT2D eigenvalue weighted by atomic mass is 10.0. The molecule has 0 atom stereocenters. The van der Waals surface area contributed by atoms with Gasteiger partial charge in [-0.2, -0.15) is 0 Å². The molecule has 0 heterocycles. The van der Waals surface area contributed by atoms with Crippen LogP contribution in [-0.2, 0) is 6.42 Å². The molecule has 0 N–H and O–H groups in total. The summed E-state index contributed by atoms with van der Waals surface area (Å²) in [6.07, 6.45) is 0.125. The van der Waals surface area contributed by atoms with Crippen LogP contribution in [0.25, 0.3) is 0 Å². The Balaban J connectivity index is 2.31. The second-order valence-electron chi connectivity index (χ2n) is 3.92. The number of hydrogen-bond donors (Lipinski definition) is 0. The monoisotopic (exact) mass is 376 g/mol. The fraction of sp³-hybridized carbons (Fsp3) is 0.0714. The molecule has 5 heteroatoms. The molecular weight excluding hydrogens is 370 g/mol. The van der Waals surface area contributed by atoms with Crippen LogP contribution in [0.5, 0.6) is 0 Å². The molecule has 1 nitrogen and oxygen atoms in total. The van der Waals surface area contributed by atoms with Gasteiger partial charge in [0, 0.05) is 26.5 Å². The van der Waals surface area contributed by atoms with Crippen molar-refractivity contribution >= 4 is 56.5 Å². The summed E-state index contributed by atoms with van der Waals surface area (Å²) >= 11 is 21.4. The molecule has 0 bridgehead atoms. The van der Waals surface area contributed by atoms with E-state index in [0.29, 0.717) is 26.2 Å². The highest BCUT2D eigenvalue weighted by atomic mass is 79.9. The SMILES string of the molecule is O=C(Cc1c(Cl)cccc1Cl)c1ccc(Br)cc1Cl. The first-order chi connectivity index (χ1) is 8.99. The third kappa shape index (κ3) is 3.51. The fourth-order valence-electron chi connectivity index (χ4n) is 1.67. The number of ketones is 1. The third-order valence-electron chi connectivity index (χ3n) is 2.63. The van der Waals surface area contributed by atoms with E-state index in [1.165, 1.54) is 0 Å². The second-order valence-corrected chi connectivity index (χ2v) is 6.06. The molecule has 2 aromatic carbocycles. The average molecular weight is 378 g/mol. The molecule has 0 saturated heterocycles. The maximum Gasteiger partial charge on any atom is 0.168 e. The van der Waals surface area contributed by atoms with Gasteiger partial charge in [0.15, 0.2) is 5.78 Å². The molecule has 0 unspecified atom stereocenters. The zero-order valence-corrected chi connectivity index (χ0v) is 13.4. The number of Topliss-reactive ketones (excluding diaryl/α,β-unsaturated/α-hetero) is 1. The Hall–Kier alpha value is -0.540. The first-order valence-corrected chi connectivity index (χ1v) is 7.33. The van der Waals surface area contributed by atoms with E-state index in [1.807, 2.05) is 0 Å². The minimum absolute atomic E-state index is 0.118. The third-order valence-corrected chi connectivity index (χ3v) is 4.14. The first-order valence-electron chi connectivity index (χ1n) is 5.40. The van der Waals surface area contributed by atoms with Gasteiger partial charge in [0.1, 0.15) is 0 Å². The molecule has 0 aliphatic heterocycles. The molecule has 0 saturated carbocycles. The average Bonchev–Trinajstić information content (AvgIpc) is 2.33. The summed E-state index contributed by atoms with van der Waals surface area (Å²) in [5.41, 5.74) is 1.08. The van der Waals surface area contributed by atoms with Gasteiger partial charge in [-0.1, -0.05) is 56.8 Å². The summed E-state index contributed by atoms with van der Waals surface area (Å²) in [6.45, 7) is 0.